The van der Waals surface area contributed by atoms with E-state index >= 15 is 0 Å². The van der Waals surface area contributed by atoms with Gasteiger partial charge in [0.05, 0.1) is 45.4 Å². The summed E-state index contributed by atoms with van der Waals surface area (Å²) in [7, 11) is 1.33. The number of amides is 4. The van der Waals surface area contributed by atoms with E-state index < -0.39 is 32.8 Å². The van der Waals surface area contributed by atoms with E-state index in [0.717, 1.165) is 31.0 Å². The van der Waals surface area contributed by atoms with Gasteiger partial charge in [-0.15, -0.1) is 11.3 Å². The summed E-state index contributed by atoms with van der Waals surface area (Å²) in [6, 6.07) is 4.57. The molecule has 4 amide bonds. The summed E-state index contributed by atoms with van der Waals surface area (Å²) in [5, 5.41) is 11.6. The Morgan fingerprint density at radius 1 is 0.800 bits per heavy atom. The molecule has 5 heterocycles. The number of halogens is 1. The molecule has 4 N–H and O–H groups in total. The Morgan fingerprint density at radius 3 is 1.74 bits per heavy atom. The molecule has 4 aromatic rings. The molecule has 0 spiro atoms. The van der Waals surface area contributed by atoms with E-state index in [9.17, 15) is 27.6 Å². The molecule has 268 valence electrons. The zero-order chi connectivity index (χ0) is 36.3. The zero-order valence-corrected chi connectivity index (χ0v) is 30.6. The first-order chi connectivity index (χ1) is 23.6. The molecule has 15 nitrogen and oxygen atoms in total. The second kappa shape index (κ2) is 15.2. The van der Waals surface area contributed by atoms with Crippen LogP contribution in [0.5, 0.6) is 0 Å². The number of morpholine rings is 1. The van der Waals surface area contributed by atoms with Crippen LogP contribution in [0.1, 0.15) is 55.0 Å². The van der Waals surface area contributed by atoms with Gasteiger partial charge in [-0.1, -0.05) is 11.6 Å². The Kier molecular flexibility index (Phi) is 11.2. The molecular formula is C32H39ClN8O7S2. The van der Waals surface area contributed by atoms with E-state index in [-0.39, 0.29) is 32.1 Å². The summed E-state index contributed by atoms with van der Waals surface area (Å²) in [4.78, 5) is 54.3. The molecule has 4 aromatic heterocycles. The summed E-state index contributed by atoms with van der Waals surface area (Å²) < 4.78 is 35.2. The quantitative estimate of drug-likeness (QED) is 0.170. The third kappa shape index (κ3) is 8.13. The van der Waals surface area contributed by atoms with Crippen LogP contribution in [0.4, 0.5) is 17.1 Å². The van der Waals surface area contributed by atoms with Gasteiger partial charge in [0.2, 0.25) is 0 Å². The van der Waals surface area contributed by atoms with Crippen molar-refractivity contribution in [3.05, 3.63) is 69.2 Å². The number of nitrogens with zero attached hydrogens (tertiary/aromatic N) is 4. The fraction of sp³-hybridized carbons (Fsp3) is 0.375. The first kappa shape index (κ1) is 36.9. The number of thiophene rings is 1. The standard InChI is InChI=1S/C32H39ClN8O7S2/c1-19(2)50(46,47)26-18-49-28(27(26)33)32(45)37-22-14-25(40(5)17-22)31(44)36-21-13-24(39(4)16-21)30(43)35-20-12-23(38(3)15-20)29(42)34-6-7-41-8-10-48-11-9-41/h12-19H,6-11H2,1-5H3,(H,34,42)(H,35,43)(H,36,44)(H,37,45). The fourth-order valence-corrected chi connectivity index (χ4v) is 8.30. The van der Waals surface area contributed by atoms with Gasteiger partial charge in [-0.3, -0.25) is 24.1 Å². The maximum Gasteiger partial charge on any atom is 0.272 e. The average molecular weight is 747 g/mol. The number of carbonyl (C=O) groups excluding carboxylic acids is 4. The minimum atomic E-state index is -3.67. The van der Waals surface area contributed by atoms with Crippen LogP contribution in [-0.4, -0.2) is 95.3 Å². The summed E-state index contributed by atoms with van der Waals surface area (Å²) in [5.74, 6) is -1.82. The van der Waals surface area contributed by atoms with Gasteiger partial charge >= 0.3 is 0 Å². The number of aryl methyl sites for hydroxylation is 3. The maximum absolute atomic E-state index is 13.2. The molecule has 1 aliphatic heterocycles. The van der Waals surface area contributed by atoms with Gasteiger partial charge in [0.25, 0.3) is 23.6 Å². The van der Waals surface area contributed by atoms with Crippen molar-refractivity contribution in [2.45, 2.75) is 24.0 Å². The molecule has 0 saturated carbocycles. The van der Waals surface area contributed by atoms with Crippen LogP contribution in [0, 0.1) is 0 Å². The topological polar surface area (TPSA) is 178 Å². The lowest BCUT2D eigenvalue weighted by atomic mass is 10.3. The Balaban J connectivity index is 1.18. The van der Waals surface area contributed by atoms with Crippen LogP contribution in [0.3, 0.4) is 0 Å². The van der Waals surface area contributed by atoms with Crippen LogP contribution < -0.4 is 21.3 Å². The highest BCUT2D eigenvalue weighted by Gasteiger charge is 2.28. The van der Waals surface area contributed by atoms with E-state index in [0.29, 0.717) is 42.5 Å². The number of carbonyl (C=O) groups is 4. The zero-order valence-electron chi connectivity index (χ0n) is 28.2. The Hall–Kier alpha value is -4.42. The molecule has 0 radical (unpaired) electrons. The van der Waals surface area contributed by atoms with E-state index in [4.69, 9.17) is 16.3 Å². The number of ether oxygens (including phenoxy) is 1. The van der Waals surface area contributed by atoms with Crippen molar-refractivity contribution in [1.29, 1.82) is 0 Å². The van der Waals surface area contributed by atoms with Crippen LogP contribution >= 0.6 is 22.9 Å². The van der Waals surface area contributed by atoms with Crippen molar-refractivity contribution in [2.75, 3.05) is 55.3 Å². The molecule has 0 unspecified atom stereocenters. The van der Waals surface area contributed by atoms with Crippen molar-refractivity contribution < 1.29 is 32.3 Å². The summed E-state index contributed by atoms with van der Waals surface area (Å²) >= 11 is 7.20. The van der Waals surface area contributed by atoms with Crippen LogP contribution in [0.25, 0.3) is 0 Å². The largest absolute Gasteiger partial charge is 0.379 e. The number of sulfone groups is 1. The van der Waals surface area contributed by atoms with Gasteiger partial charge < -0.3 is 39.7 Å². The van der Waals surface area contributed by atoms with Gasteiger partial charge in [-0.05, 0) is 32.0 Å². The van der Waals surface area contributed by atoms with Crippen molar-refractivity contribution >= 4 is 73.5 Å². The lowest BCUT2D eigenvalue weighted by molar-refractivity contribution is 0.0383. The molecular weight excluding hydrogens is 708 g/mol. The molecule has 0 aliphatic carbocycles. The minimum Gasteiger partial charge on any atom is -0.379 e. The Labute approximate surface area is 298 Å². The summed E-state index contributed by atoms with van der Waals surface area (Å²) in [5.41, 5.74) is 1.93. The van der Waals surface area contributed by atoms with Crippen molar-refractivity contribution in [3.63, 3.8) is 0 Å². The lowest BCUT2D eigenvalue weighted by Gasteiger charge is -2.26. The number of anilines is 3. The third-order valence-electron chi connectivity index (χ3n) is 8.14. The number of hydrogen-bond acceptors (Lipinski definition) is 9. The molecule has 5 rings (SSSR count). The fourth-order valence-electron chi connectivity index (χ4n) is 5.32. The number of nitrogens with one attached hydrogen (secondary N) is 4. The summed E-state index contributed by atoms with van der Waals surface area (Å²) in [6.07, 6.45) is 4.76. The maximum atomic E-state index is 13.2. The third-order valence-corrected chi connectivity index (χ3v) is 12.1. The van der Waals surface area contributed by atoms with E-state index in [1.807, 2.05) is 0 Å². The predicted octanol–water partition coefficient (Wildman–Crippen LogP) is 3.42. The Morgan fingerprint density at radius 2 is 1.26 bits per heavy atom. The van der Waals surface area contributed by atoms with Gasteiger partial charge in [0.15, 0.2) is 9.84 Å². The molecule has 50 heavy (non-hydrogen) atoms. The predicted molar refractivity (Wildman–Crippen MR) is 191 cm³/mol. The smallest absolute Gasteiger partial charge is 0.272 e. The van der Waals surface area contributed by atoms with Gasteiger partial charge in [-0.25, -0.2) is 8.42 Å². The SMILES string of the molecule is CC(C)S(=O)(=O)c1csc(C(=O)Nc2cc(C(=O)Nc3cc(C(=O)Nc4cc(C(=O)NCCN5CCOCC5)n(C)c4)n(C)c3)n(C)c2)c1Cl. The van der Waals surface area contributed by atoms with E-state index in [1.165, 1.54) is 42.1 Å². The number of hydrogen-bond donors (Lipinski definition) is 4. The van der Waals surface area contributed by atoms with Crippen molar-refractivity contribution in [2.24, 2.45) is 21.1 Å². The van der Waals surface area contributed by atoms with Crippen LogP contribution in [0.15, 0.2) is 47.1 Å². The second-order valence-electron chi connectivity index (χ2n) is 12.1. The van der Waals surface area contributed by atoms with Crippen LogP contribution in [-0.2, 0) is 35.7 Å². The molecule has 18 heteroatoms. The van der Waals surface area contributed by atoms with Gasteiger partial charge in [-0.2, -0.15) is 0 Å². The van der Waals surface area contributed by atoms with Crippen molar-refractivity contribution in [3.8, 4) is 0 Å². The van der Waals surface area contributed by atoms with Crippen LogP contribution in [0.2, 0.25) is 5.02 Å². The molecule has 0 atom stereocenters. The Bertz CT molecular complexity index is 2040. The normalized spacial score (nSPS) is 13.7. The molecule has 1 fully saturated rings. The molecule has 0 bridgehead atoms. The van der Waals surface area contributed by atoms with Crippen molar-refractivity contribution in [1.82, 2.24) is 23.9 Å². The average Bonchev–Trinajstić information content (AvgIpc) is 3.82. The molecule has 1 aliphatic rings. The molecule has 0 aromatic carbocycles. The van der Waals surface area contributed by atoms with E-state index in [2.05, 4.69) is 26.2 Å². The lowest BCUT2D eigenvalue weighted by Crippen LogP contribution is -2.41. The highest BCUT2D eigenvalue weighted by atomic mass is 35.5. The monoisotopic (exact) mass is 746 g/mol. The summed E-state index contributed by atoms with van der Waals surface area (Å²) in [6.45, 7) is 7.30. The first-order valence-electron chi connectivity index (χ1n) is 15.7. The molecule has 1 saturated heterocycles. The van der Waals surface area contributed by atoms with Gasteiger partial charge in [0, 0.05) is 71.3 Å². The second-order valence-corrected chi connectivity index (χ2v) is 15.8. The van der Waals surface area contributed by atoms with Gasteiger partial charge in [0.1, 0.15) is 22.0 Å². The van der Waals surface area contributed by atoms with E-state index in [1.54, 1.807) is 48.7 Å². The first-order valence-corrected chi connectivity index (χ1v) is 18.5. The highest BCUT2D eigenvalue weighted by molar-refractivity contribution is 7.92. The minimum absolute atomic E-state index is 0.0327. The number of aromatic nitrogens is 3. The highest BCUT2D eigenvalue weighted by Crippen LogP contribution is 2.34. The number of rotatable bonds is 12.